The predicted octanol–water partition coefficient (Wildman–Crippen LogP) is 1.44. The number of likely N-dealkylation sites (tertiary alicyclic amines) is 1. The van der Waals surface area contributed by atoms with Crippen molar-refractivity contribution >= 4 is 5.91 Å². The van der Waals surface area contributed by atoms with E-state index in [2.05, 4.69) is 20.1 Å². The van der Waals surface area contributed by atoms with Crippen LogP contribution in [0.5, 0.6) is 0 Å². The number of nitrogens with zero attached hydrogens (tertiary/aromatic N) is 5. The summed E-state index contributed by atoms with van der Waals surface area (Å²) >= 11 is 0. The summed E-state index contributed by atoms with van der Waals surface area (Å²) in [7, 11) is 0. The second kappa shape index (κ2) is 5.47. The van der Waals surface area contributed by atoms with Crippen molar-refractivity contribution in [2.45, 2.75) is 31.6 Å². The number of amides is 1. The van der Waals surface area contributed by atoms with Gasteiger partial charge >= 0.3 is 0 Å². The van der Waals surface area contributed by atoms with E-state index in [4.69, 9.17) is 4.52 Å². The molecule has 22 heavy (non-hydrogen) atoms. The molecule has 1 aliphatic heterocycles. The predicted molar refractivity (Wildman–Crippen MR) is 76.0 cm³/mol. The molecule has 0 aromatic carbocycles. The van der Waals surface area contributed by atoms with E-state index in [-0.39, 0.29) is 5.91 Å². The Kier molecular flexibility index (Phi) is 3.32. The normalized spacial score (nSPS) is 21.3. The van der Waals surface area contributed by atoms with Crippen LogP contribution in [0.4, 0.5) is 0 Å². The van der Waals surface area contributed by atoms with Crippen LogP contribution in [0.1, 0.15) is 47.4 Å². The number of rotatable bonds is 4. The molecule has 4 rings (SSSR count). The second-order valence-electron chi connectivity index (χ2n) is 6.02. The Labute approximate surface area is 127 Å². The third-order valence-electron chi connectivity index (χ3n) is 4.24. The molecular weight excluding hydrogens is 282 g/mol. The molecule has 2 aromatic heterocycles. The Morgan fingerprint density at radius 3 is 3.00 bits per heavy atom. The van der Waals surface area contributed by atoms with Crippen LogP contribution in [0.25, 0.3) is 0 Å². The second-order valence-corrected chi connectivity index (χ2v) is 6.02. The third-order valence-corrected chi connectivity index (χ3v) is 4.24. The van der Waals surface area contributed by atoms with Crippen LogP contribution < -0.4 is 0 Å². The maximum Gasteiger partial charge on any atom is 0.274 e. The lowest BCUT2D eigenvalue weighted by molar-refractivity contribution is 0.0780. The zero-order valence-corrected chi connectivity index (χ0v) is 12.2. The zero-order valence-electron chi connectivity index (χ0n) is 12.2. The lowest BCUT2D eigenvalue weighted by Gasteiger charge is -2.15. The fraction of sp³-hybridized carbons (Fsp3) is 0.533. The topological polar surface area (TPSA) is 85.0 Å². The summed E-state index contributed by atoms with van der Waals surface area (Å²) in [6, 6.07) is 0. The van der Waals surface area contributed by atoms with Crippen molar-refractivity contribution in [1.29, 1.82) is 0 Å². The minimum absolute atomic E-state index is 0.0534. The first-order valence-electron chi connectivity index (χ1n) is 7.67. The van der Waals surface area contributed by atoms with Gasteiger partial charge in [0.15, 0.2) is 5.82 Å². The Hall–Kier alpha value is -2.31. The first kappa shape index (κ1) is 13.4. The standard InChI is InChI=1S/C15H17N5O2/c21-15(12-8-16-4-5-17-12)20-6-3-10(9-20)7-13-18-14(22-19-13)11-1-2-11/h4-5,8,10-11H,1-3,6-7,9H2. The van der Waals surface area contributed by atoms with Crippen molar-refractivity contribution in [3.05, 3.63) is 36.0 Å². The van der Waals surface area contributed by atoms with Gasteiger partial charge in [0.2, 0.25) is 5.89 Å². The average Bonchev–Trinajstić information content (AvgIpc) is 3.13. The highest BCUT2D eigenvalue weighted by Crippen LogP contribution is 2.39. The van der Waals surface area contributed by atoms with Gasteiger partial charge in [-0.25, -0.2) is 4.98 Å². The molecule has 0 radical (unpaired) electrons. The van der Waals surface area contributed by atoms with Crippen molar-refractivity contribution in [3.63, 3.8) is 0 Å². The van der Waals surface area contributed by atoms with Crippen LogP contribution in [0, 0.1) is 5.92 Å². The van der Waals surface area contributed by atoms with E-state index in [0.717, 1.165) is 43.9 Å². The SMILES string of the molecule is O=C(c1cnccn1)N1CCC(Cc2noc(C3CC3)n2)C1. The Morgan fingerprint density at radius 1 is 1.32 bits per heavy atom. The highest BCUT2D eigenvalue weighted by molar-refractivity contribution is 5.92. The van der Waals surface area contributed by atoms with Gasteiger partial charge in [-0.1, -0.05) is 5.16 Å². The van der Waals surface area contributed by atoms with E-state index < -0.39 is 0 Å². The minimum Gasteiger partial charge on any atom is -0.339 e. The van der Waals surface area contributed by atoms with Crippen molar-refractivity contribution in [3.8, 4) is 0 Å². The molecule has 7 nitrogen and oxygen atoms in total. The van der Waals surface area contributed by atoms with Crippen molar-refractivity contribution < 1.29 is 9.32 Å². The fourth-order valence-corrected chi connectivity index (χ4v) is 2.86. The Bertz CT molecular complexity index is 668. The molecule has 0 bridgehead atoms. The van der Waals surface area contributed by atoms with Crippen LogP contribution >= 0.6 is 0 Å². The van der Waals surface area contributed by atoms with Crippen molar-refractivity contribution in [1.82, 2.24) is 25.0 Å². The van der Waals surface area contributed by atoms with Gasteiger partial charge in [-0.3, -0.25) is 9.78 Å². The van der Waals surface area contributed by atoms with Crippen molar-refractivity contribution in [2.75, 3.05) is 13.1 Å². The summed E-state index contributed by atoms with van der Waals surface area (Å²) in [4.78, 5) is 26.6. The first-order chi connectivity index (χ1) is 10.8. The number of hydrogen-bond acceptors (Lipinski definition) is 6. The molecule has 0 N–H and O–H groups in total. The van der Waals surface area contributed by atoms with Crippen LogP contribution in [-0.2, 0) is 6.42 Å². The number of aromatic nitrogens is 4. The van der Waals surface area contributed by atoms with Gasteiger partial charge in [-0.05, 0) is 25.2 Å². The van der Waals surface area contributed by atoms with Crippen LogP contribution in [0.2, 0.25) is 0 Å². The number of hydrogen-bond donors (Lipinski definition) is 0. The Morgan fingerprint density at radius 2 is 2.23 bits per heavy atom. The van der Waals surface area contributed by atoms with E-state index in [9.17, 15) is 4.79 Å². The van der Waals surface area contributed by atoms with Gasteiger partial charge in [-0.15, -0.1) is 0 Å². The van der Waals surface area contributed by atoms with Crippen LogP contribution in [0.3, 0.4) is 0 Å². The van der Waals surface area contributed by atoms with Crippen molar-refractivity contribution in [2.24, 2.45) is 5.92 Å². The molecule has 1 aliphatic carbocycles. The molecule has 2 aliphatic rings. The van der Waals surface area contributed by atoms with E-state index in [1.807, 2.05) is 4.90 Å². The van der Waals surface area contributed by atoms with Gasteiger partial charge < -0.3 is 9.42 Å². The summed E-state index contributed by atoms with van der Waals surface area (Å²) in [5, 5.41) is 4.06. The molecule has 1 amide bonds. The summed E-state index contributed by atoms with van der Waals surface area (Å²) in [6.07, 6.45) is 8.66. The molecule has 0 spiro atoms. The molecule has 2 aromatic rings. The van der Waals surface area contributed by atoms with E-state index in [1.54, 1.807) is 12.4 Å². The summed E-state index contributed by atoms with van der Waals surface area (Å²) in [5.41, 5.74) is 0.402. The van der Waals surface area contributed by atoms with E-state index in [0.29, 0.717) is 24.1 Å². The van der Waals surface area contributed by atoms with Gasteiger partial charge in [0.1, 0.15) is 5.69 Å². The van der Waals surface area contributed by atoms with Crippen LogP contribution in [-0.4, -0.2) is 44.0 Å². The van der Waals surface area contributed by atoms with E-state index >= 15 is 0 Å². The van der Waals surface area contributed by atoms with Gasteiger partial charge in [0, 0.05) is 37.8 Å². The quantitative estimate of drug-likeness (QED) is 0.849. The molecule has 1 atom stereocenters. The average molecular weight is 299 g/mol. The maximum atomic E-state index is 12.3. The van der Waals surface area contributed by atoms with Crippen LogP contribution in [0.15, 0.2) is 23.1 Å². The summed E-state index contributed by atoms with van der Waals surface area (Å²) in [5.74, 6) is 2.36. The van der Waals surface area contributed by atoms with Gasteiger partial charge in [0.25, 0.3) is 5.91 Å². The molecule has 7 heteroatoms. The number of carbonyl (C=O) groups excluding carboxylic acids is 1. The van der Waals surface area contributed by atoms with E-state index in [1.165, 1.54) is 6.20 Å². The highest BCUT2D eigenvalue weighted by Gasteiger charge is 2.32. The first-order valence-corrected chi connectivity index (χ1v) is 7.67. The largest absolute Gasteiger partial charge is 0.339 e. The van der Waals surface area contributed by atoms with Gasteiger partial charge in [0.05, 0.1) is 6.20 Å². The third kappa shape index (κ3) is 2.70. The lowest BCUT2D eigenvalue weighted by atomic mass is 10.1. The fourth-order valence-electron chi connectivity index (χ4n) is 2.86. The highest BCUT2D eigenvalue weighted by atomic mass is 16.5. The molecule has 1 unspecified atom stereocenters. The number of carbonyl (C=O) groups is 1. The zero-order chi connectivity index (χ0) is 14.9. The molecule has 1 saturated heterocycles. The minimum atomic E-state index is -0.0534. The molecule has 1 saturated carbocycles. The maximum absolute atomic E-state index is 12.3. The summed E-state index contributed by atoms with van der Waals surface area (Å²) in [6.45, 7) is 1.45. The molecule has 114 valence electrons. The molecule has 3 heterocycles. The summed E-state index contributed by atoms with van der Waals surface area (Å²) < 4.78 is 5.28. The Balaban J connectivity index is 1.36. The van der Waals surface area contributed by atoms with Gasteiger partial charge in [-0.2, -0.15) is 4.98 Å². The molecule has 2 fully saturated rings. The lowest BCUT2D eigenvalue weighted by Crippen LogP contribution is -2.29. The monoisotopic (exact) mass is 299 g/mol. The smallest absolute Gasteiger partial charge is 0.274 e. The molecular formula is C15H17N5O2.